The molecule has 0 saturated carbocycles. The van der Waals surface area contributed by atoms with Gasteiger partial charge < -0.3 is 4.42 Å². The molecule has 0 atom stereocenters. The van der Waals surface area contributed by atoms with Crippen molar-refractivity contribution < 1.29 is 4.42 Å². The summed E-state index contributed by atoms with van der Waals surface area (Å²) in [6.45, 7) is 2.47. The quantitative estimate of drug-likeness (QED) is 0.735. The molecule has 0 bridgehead atoms. The molecule has 5 nitrogen and oxygen atoms in total. The zero-order valence-electron chi connectivity index (χ0n) is 7.02. The zero-order chi connectivity index (χ0) is 9.26. The van der Waals surface area contributed by atoms with Crippen LogP contribution in [0.2, 0.25) is 0 Å². The van der Waals surface area contributed by atoms with Crippen LogP contribution in [0.5, 0.6) is 0 Å². The molecular weight excluding hydrogens is 188 g/mol. The van der Waals surface area contributed by atoms with Crippen molar-refractivity contribution in [3.63, 3.8) is 0 Å². The van der Waals surface area contributed by atoms with Crippen molar-refractivity contribution in [3.05, 3.63) is 28.7 Å². The van der Waals surface area contributed by atoms with Gasteiger partial charge in [0, 0.05) is 11.9 Å². The molecule has 2 aromatic rings. The molecule has 0 saturated heterocycles. The molecule has 2 aromatic heterocycles. The number of aromatic nitrogens is 4. The summed E-state index contributed by atoms with van der Waals surface area (Å²) < 4.78 is 6.89. The topological polar surface area (TPSA) is 59.6 Å². The summed E-state index contributed by atoms with van der Waals surface area (Å²) in [6.07, 6.45) is 1.73. The number of aryl methyl sites for hydroxylation is 1. The van der Waals surface area contributed by atoms with E-state index in [9.17, 15) is 0 Å². The molecule has 6 heteroatoms. The van der Waals surface area contributed by atoms with Crippen LogP contribution in [0, 0.1) is 11.8 Å². The molecule has 1 N–H and O–H groups in total. The van der Waals surface area contributed by atoms with Gasteiger partial charge in [-0.1, -0.05) is 0 Å². The van der Waals surface area contributed by atoms with Crippen LogP contribution in [0.4, 0.5) is 0 Å². The highest BCUT2D eigenvalue weighted by atomic mass is 32.1. The summed E-state index contributed by atoms with van der Waals surface area (Å²) in [7, 11) is 0. The Hall–Kier alpha value is -1.43. The fourth-order valence-corrected chi connectivity index (χ4v) is 1.16. The van der Waals surface area contributed by atoms with E-state index < -0.39 is 0 Å². The van der Waals surface area contributed by atoms with Crippen LogP contribution in [0.25, 0.3) is 0 Å². The van der Waals surface area contributed by atoms with Gasteiger partial charge in [0.2, 0.25) is 5.89 Å². The number of H-pyrrole nitrogens is 1. The average molecular weight is 196 g/mol. The molecule has 0 amide bonds. The predicted molar refractivity (Wildman–Crippen MR) is 47.8 cm³/mol. The number of rotatable bonds is 2. The fourth-order valence-electron chi connectivity index (χ4n) is 1.02. The number of nitrogens with zero attached hydrogens (tertiary/aromatic N) is 3. The van der Waals surface area contributed by atoms with Crippen LogP contribution in [-0.2, 0) is 6.54 Å². The van der Waals surface area contributed by atoms with Gasteiger partial charge in [0.05, 0.1) is 0 Å². The molecule has 0 unspecified atom stereocenters. The second kappa shape index (κ2) is 3.14. The van der Waals surface area contributed by atoms with Crippen molar-refractivity contribution in [1.82, 2.24) is 20.0 Å². The molecule has 0 radical (unpaired) electrons. The van der Waals surface area contributed by atoms with Gasteiger partial charge in [-0.05, 0) is 25.2 Å². The maximum absolute atomic E-state index is 5.10. The molecule has 2 rings (SSSR count). The van der Waals surface area contributed by atoms with Gasteiger partial charge in [0.15, 0.2) is 0 Å². The van der Waals surface area contributed by atoms with Crippen LogP contribution in [0.3, 0.4) is 0 Å². The van der Waals surface area contributed by atoms with Gasteiger partial charge >= 0.3 is 0 Å². The van der Waals surface area contributed by atoms with Crippen molar-refractivity contribution >= 4 is 12.2 Å². The SMILES string of the molecule is Cc1ccnn1Cc1n[nH]c(=S)o1. The number of hydrogen-bond acceptors (Lipinski definition) is 4. The Morgan fingerprint density at radius 1 is 1.69 bits per heavy atom. The Labute approximate surface area is 79.4 Å². The average Bonchev–Trinajstić information content (AvgIpc) is 2.64. The summed E-state index contributed by atoms with van der Waals surface area (Å²) in [6, 6.07) is 1.92. The normalized spacial score (nSPS) is 10.5. The highest BCUT2D eigenvalue weighted by molar-refractivity contribution is 7.71. The first-order valence-electron chi connectivity index (χ1n) is 3.78. The molecule has 0 fully saturated rings. The predicted octanol–water partition coefficient (Wildman–Crippen LogP) is 1.29. The third-order valence-corrected chi connectivity index (χ3v) is 1.87. The van der Waals surface area contributed by atoms with Crippen LogP contribution in [-0.4, -0.2) is 20.0 Å². The molecular formula is C7H8N4OS. The monoisotopic (exact) mass is 196 g/mol. The van der Waals surface area contributed by atoms with Gasteiger partial charge in [0.1, 0.15) is 6.54 Å². The summed E-state index contributed by atoms with van der Waals surface area (Å²) in [5, 5.41) is 10.5. The van der Waals surface area contributed by atoms with Crippen molar-refractivity contribution in [2.75, 3.05) is 0 Å². The Morgan fingerprint density at radius 2 is 2.54 bits per heavy atom. The molecule has 0 spiro atoms. The van der Waals surface area contributed by atoms with E-state index in [4.69, 9.17) is 16.6 Å². The van der Waals surface area contributed by atoms with E-state index in [-0.39, 0.29) is 0 Å². The summed E-state index contributed by atoms with van der Waals surface area (Å²) >= 11 is 4.75. The maximum atomic E-state index is 5.10. The van der Waals surface area contributed by atoms with E-state index in [1.807, 2.05) is 13.0 Å². The summed E-state index contributed by atoms with van der Waals surface area (Å²) in [5.41, 5.74) is 1.06. The van der Waals surface area contributed by atoms with E-state index >= 15 is 0 Å². The third-order valence-electron chi connectivity index (χ3n) is 1.70. The maximum Gasteiger partial charge on any atom is 0.284 e. The molecule has 0 aromatic carbocycles. The largest absolute Gasteiger partial charge is 0.412 e. The standard InChI is InChI=1S/C7H8N4OS/c1-5-2-3-8-11(5)4-6-9-10-7(13)12-6/h2-3H,4H2,1H3,(H,10,13). The van der Waals surface area contributed by atoms with E-state index in [0.29, 0.717) is 17.3 Å². The van der Waals surface area contributed by atoms with E-state index in [1.54, 1.807) is 10.9 Å². The minimum atomic E-state index is 0.291. The van der Waals surface area contributed by atoms with Gasteiger partial charge in [0.25, 0.3) is 4.84 Å². The lowest BCUT2D eigenvalue weighted by molar-refractivity contribution is 0.451. The lowest BCUT2D eigenvalue weighted by atomic mass is 10.5. The van der Waals surface area contributed by atoms with E-state index in [1.165, 1.54) is 0 Å². The second-order valence-electron chi connectivity index (χ2n) is 2.64. The van der Waals surface area contributed by atoms with Gasteiger partial charge in [-0.2, -0.15) is 5.10 Å². The Morgan fingerprint density at radius 3 is 3.08 bits per heavy atom. The second-order valence-corrected chi connectivity index (χ2v) is 3.01. The number of nitrogens with one attached hydrogen (secondary N) is 1. The molecule has 13 heavy (non-hydrogen) atoms. The Kier molecular flexibility index (Phi) is 1.97. The van der Waals surface area contributed by atoms with Crippen LogP contribution in [0.15, 0.2) is 16.7 Å². The molecule has 2 heterocycles. The molecule has 0 aliphatic rings. The summed E-state index contributed by atoms with van der Waals surface area (Å²) in [5.74, 6) is 0.539. The first-order valence-corrected chi connectivity index (χ1v) is 4.19. The highest BCUT2D eigenvalue weighted by Crippen LogP contribution is 2.01. The highest BCUT2D eigenvalue weighted by Gasteiger charge is 2.02. The Bertz CT molecular complexity index is 455. The van der Waals surface area contributed by atoms with Crippen molar-refractivity contribution in [2.45, 2.75) is 13.5 Å². The minimum absolute atomic E-state index is 0.291. The molecule has 0 aliphatic heterocycles. The smallest absolute Gasteiger partial charge is 0.284 e. The van der Waals surface area contributed by atoms with Crippen molar-refractivity contribution in [2.24, 2.45) is 0 Å². The van der Waals surface area contributed by atoms with Crippen LogP contribution in [0.1, 0.15) is 11.6 Å². The van der Waals surface area contributed by atoms with Crippen LogP contribution >= 0.6 is 12.2 Å². The zero-order valence-corrected chi connectivity index (χ0v) is 7.84. The Balaban J connectivity index is 2.24. The van der Waals surface area contributed by atoms with Gasteiger partial charge in [-0.25, -0.2) is 5.10 Å². The molecule has 68 valence electrons. The van der Waals surface area contributed by atoms with Gasteiger partial charge in [-0.15, -0.1) is 5.10 Å². The van der Waals surface area contributed by atoms with Crippen LogP contribution < -0.4 is 0 Å². The van der Waals surface area contributed by atoms with Gasteiger partial charge in [-0.3, -0.25) is 4.68 Å². The van der Waals surface area contributed by atoms with Crippen molar-refractivity contribution in [1.29, 1.82) is 0 Å². The van der Waals surface area contributed by atoms with E-state index in [0.717, 1.165) is 5.69 Å². The summed E-state index contributed by atoms with van der Waals surface area (Å²) in [4.78, 5) is 0.291. The third kappa shape index (κ3) is 1.67. The number of hydrogen-bond donors (Lipinski definition) is 1. The van der Waals surface area contributed by atoms with Crippen molar-refractivity contribution in [3.8, 4) is 0 Å². The minimum Gasteiger partial charge on any atom is -0.412 e. The first-order chi connectivity index (χ1) is 6.25. The lowest BCUT2D eigenvalue weighted by Crippen LogP contribution is -2.03. The molecule has 0 aliphatic carbocycles. The lowest BCUT2D eigenvalue weighted by Gasteiger charge is -1.98. The van der Waals surface area contributed by atoms with E-state index in [2.05, 4.69) is 15.3 Å². The first kappa shape index (κ1) is 8.18. The fraction of sp³-hybridized carbons (Fsp3) is 0.286. The number of aromatic amines is 1.